The van der Waals surface area contributed by atoms with Crippen LogP contribution in [-0.4, -0.2) is 34.2 Å². The van der Waals surface area contributed by atoms with Crippen LogP contribution < -0.4 is 0 Å². The molecule has 14 heavy (non-hydrogen) atoms. The van der Waals surface area contributed by atoms with E-state index < -0.39 is 0 Å². The maximum absolute atomic E-state index is 8.97. The molecule has 4 heteroatoms. The number of aliphatic hydroxyl groups excluding tert-OH is 1. The fraction of sp³-hybridized carbons (Fsp3) is 0.700. The van der Waals surface area contributed by atoms with E-state index in [9.17, 15) is 0 Å². The van der Waals surface area contributed by atoms with E-state index in [4.69, 9.17) is 5.11 Å². The van der Waals surface area contributed by atoms with Gasteiger partial charge in [0.1, 0.15) is 5.01 Å². The first-order valence-corrected chi connectivity index (χ1v) is 5.80. The second kappa shape index (κ2) is 5.44. The van der Waals surface area contributed by atoms with Crippen LogP contribution in [0.2, 0.25) is 0 Å². The Kier molecular flexibility index (Phi) is 4.51. The Balaban J connectivity index is 2.68. The lowest BCUT2D eigenvalue weighted by atomic mass is 10.2. The van der Waals surface area contributed by atoms with Gasteiger partial charge in [-0.3, -0.25) is 4.90 Å². The zero-order valence-electron chi connectivity index (χ0n) is 8.97. The first-order valence-electron chi connectivity index (χ1n) is 4.92. The Morgan fingerprint density at radius 3 is 2.64 bits per heavy atom. The van der Waals surface area contributed by atoms with Crippen molar-refractivity contribution in [3.05, 3.63) is 16.6 Å². The third-order valence-corrected chi connectivity index (χ3v) is 3.27. The van der Waals surface area contributed by atoms with E-state index in [1.54, 1.807) is 11.3 Å². The highest BCUT2D eigenvalue weighted by molar-refractivity contribution is 7.09. The summed E-state index contributed by atoms with van der Waals surface area (Å²) in [5.74, 6) is 0. The SMILES string of the molecule is CC(C)N(CCO)[C@H](C)c1nccs1. The molecule has 80 valence electrons. The highest BCUT2D eigenvalue weighted by Crippen LogP contribution is 2.23. The van der Waals surface area contributed by atoms with Gasteiger partial charge in [0.2, 0.25) is 0 Å². The molecule has 0 aliphatic rings. The maximum atomic E-state index is 8.97. The number of hydrogen-bond donors (Lipinski definition) is 1. The lowest BCUT2D eigenvalue weighted by Crippen LogP contribution is -2.35. The van der Waals surface area contributed by atoms with E-state index in [-0.39, 0.29) is 6.61 Å². The van der Waals surface area contributed by atoms with Crippen LogP contribution in [0.4, 0.5) is 0 Å². The first kappa shape index (κ1) is 11.6. The van der Waals surface area contributed by atoms with Gasteiger partial charge in [0.05, 0.1) is 12.6 Å². The molecule has 0 saturated carbocycles. The number of hydrogen-bond acceptors (Lipinski definition) is 4. The molecule has 1 atom stereocenters. The Bertz CT molecular complexity index is 249. The summed E-state index contributed by atoms with van der Waals surface area (Å²) in [5.41, 5.74) is 0. The van der Waals surface area contributed by atoms with Crippen LogP contribution in [0.3, 0.4) is 0 Å². The number of nitrogens with zero attached hydrogens (tertiary/aromatic N) is 2. The second-order valence-corrected chi connectivity index (χ2v) is 4.53. The molecule has 0 aliphatic heterocycles. The number of aliphatic hydroxyl groups is 1. The van der Waals surface area contributed by atoms with Crippen molar-refractivity contribution in [2.24, 2.45) is 0 Å². The summed E-state index contributed by atoms with van der Waals surface area (Å²) in [6, 6.07) is 0.725. The van der Waals surface area contributed by atoms with Crippen LogP contribution in [0.1, 0.15) is 31.8 Å². The van der Waals surface area contributed by atoms with Crippen LogP contribution in [0.25, 0.3) is 0 Å². The standard InChI is InChI=1S/C10H18N2OS/c1-8(2)12(5-6-13)9(3)10-11-4-7-14-10/h4,7-9,13H,5-6H2,1-3H3/t9-/m1/s1. The Morgan fingerprint density at radius 2 is 2.21 bits per heavy atom. The molecule has 0 bridgehead atoms. The second-order valence-electron chi connectivity index (χ2n) is 3.60. The van der Waals surface area contributed by atoms with Crippen molar-refractivity contribution in [3.8, 4) is 0 Å². The third kappa shape index (κ3) is 2.77. The van der Waals surface area contributed by atoms with Crippen molar-refractivity contribution < 1.29 is 5.11 Å². The van der Waals surface area contributed by atoms with Crippen molar-refractivity contribution in [2.75, 3.05) is 13.2 Å². The van der Waals surface area contributed by atoms with E-state index in [1.165, 1.54) is 0 Å². The quantitative estimate of drug-likeness (QED) is 0.813. The first-order chi connectivity index (χ1) is 6.66. The van der Waals surface area contributed by atoms with Gasteiger partial charge in [-0.15, -0.1) is 11.3 Å². The third-order valence-electron chi connectivity index (χ3n) is 2.33. The molecule has 0 unspecified atom stereocenters. The van der Waals surface area contributed by atoms with Gasteiger partial charge in [0.25, 0.3) is 0 Å². The van der Waals surface area contributed by atoms with Crippen molar-refractivity contribution in [1.29, 1.82) is 0 Å². The van der Waals surface area contributed by atoms with Crippen molar-refractivity contribution in [3.63, 3.8) is 0 Å². The summed E-state index contributed by atoms with van der Waals surface area (Å²) in [6.45, 7) is 7.32. The molecule has 1 N–H and O–H groups in total. The molecule has 0 spiro atoms. The molecule has 0 amide bonds. The predicted octanol–water partition coefficient (Wildman–Crippen LogP) is 1.91. The molecule has 0 fully saturated rings. The van der Waals surface area contributed by atoms with Crippen LogP contribution in [0, 0.1) is 0 Å². The van der Waals surface area contributed by atoms with E-state index in [0.29, 0.717) is 18.6 Å². The fourth-order valence-corrected chi connectivity index (χ4v) is 2.31. The fourth-order valence-electron chi connectivity index (χ4n) is 1.60. The normalized spacial score (nSPS) is 13.9. The molecule has 1 aromatic heterocycles. The van der Waals surface area contributed by atoms with Gasteiger partial charge in [-0.25, -0.2) is 4.98 Å². The van der Waals surface area contributed by atoms with Crippen LogP contribution in [0.5, 0.6) is 0 Å². The van der Waals surface area contributed by atoms with Gasteiger partial charge in [-0.1, -0.05) is 0 Å². The summed E-state index contributed by atoms with van der Waals surface area (Å²) in [7, 11) is 0. The van der Waals surface area contributed by atoms with E-state index in [0.717, 1.165) is 5.01 Å². The highest BCUT2D eigenvalue weighted by atomic mass is 32.1. The summed E-state index contributed by atoms with van der Waals surface area (Å²) < 4.78 is 0. The molecular formula is C10H18N2OS. The Morgan fingerprint density at radius 1 is 1.50 bits per heavy atom. The molecule has 3 nitrogen and oxygen atoms in total. The van der Waals surface area contributed by atoms with Crippen LogP contribution in [-0.2, 0) is 0 Å². The smallest absolute Gasteiger partial charge is 0.109 e. The van der Waals surface area contributed by atoms with Crippen LogP contribution in [0.15, 0.2) is 11.6 Å². The summed E-state index contributed by atoms with van der Waals surface area (Å²) >= 11 is 1.67. The number of thiazole rings is 1. The average molecular weight is 214 g/mol. The Hall–Kier alpha value is -0.450. The van der Waals surface area contributed by atoms with Gasteiger partial charge < -0.3 is 5.11 Å². The molecule has 0 saturated heterocycles. The predicted molar refractivity (Wildman–Crippen MR) is 59.5 cm³/mol. The summed E-state index contributed by atoms with van der Waals surface area (Å²) in [5, 5.41) is 12.1. The largest absolute Gasteiger partial charge is 0.395 e. The molecule has 1 rings (SSSR count). The van der Waals surface area contributed by atoms with Gasteiger partial charge in [0, 0.05) is 24.2 Å². The number of aromatic nitrogens is 1. The summed E-state index contributed by atoms with van der Waals surface area (Å²) in [6.07, 6.45) is 1.83. The molecule has 1 aromatic rings. The molecular weight excluding hydrogens is 196 g/mol. The monoisotopic (exact) mass is 214 g/mol. The number of rotatable bonds is 5. The lowest BCUT2D eigenvalue weighted by molar-refractivity contribution is 0.126. The zero-order chi connectivity index (χ0) is 10.6. The van der Waals surface area contributed by atoms with Crippen molar-refractivity contribution in [2.45, 2.75) is 32.9 Å². The summed E-state index contributed by atoms with van der Waals surface area (Å²) in [4.78, 5) is 6.55. The van der Waals surface area contributed by atoms with E-state index >= 15 is 0 Å². The van der Waals surface area contributed by atoms with Crippen molar-refractivity contribution in [1.82, 2.24) is 9.88 Å². The van der Waals surface area contributed by atoms with Gasteiger partial charge in [-0.2, -0.15) is 0 Å². The van der Waals surface area contributed by atoms with Gasteiger partial charge >= 0.3 is 0 Å². The molecule has 0 aromatic carbocycles. The molecule has 0 radical (unpaired) electrons. The minimum atomic E-state index is 0.202. The van der Waals surface area contributed by atoms with Gasteiger partial charge in [-0.05, 0) is 20.8 Å². The Labute approximate surface area is 89.4 Å². The topological polar surface area (TPSA) is 36.4 Å². The van der Waals surface area contributed by atoms with Gasteiger partial charge in [0.15, 0.2) is 0 Å². The van der Waals surface area contributed by atoms with Crippen molar-refractivity contribution >= 4 is 11.3 Å². The molecule has 0 aliphatic carbocycles. The zero-order valence-corrected chi connectivity index (χ0v) is 9.79. The molecule has 1 heterocycles. The van der Waals surface area contributed by atoms with Crippen LogP contribution >= 0.6 is 11.3 Å². The minimum Gasteiger partial charge on any atom is -0.395 e. The highest BCUT2D eigenvalue weighted by Gasteiger charge is 2.19. The lowest BCUT2D eigenvalue weighted by Gasteiger charge is -2.30. The average Bonchev–Trinajstić information content (AvgIpc) is 2.65. The maximum Gasteiger partial charge on any atom is 0.109 e. The van der Waals surface area contributed by atoms with E-state index in [1.807, 2.05) is 11.6 Å². The minimum absolute atomic E-state index is 0.202. The van der Waals surface area contributed by atoms with E-state index in [2.05, 4.69) is 30.7 Å².